The average Bonchev–Trinajstić information content (AvgIpc) is 2.95. The fourth-order valence-corrected chi connectivity index (χ4v) is 2.83. The van der Waals surface area contributed by atoms with Crippen LogP contribution in [0.25, 0.3) is 0 Å². The third kappa shape index (κ3) is 5.94. The van der Waals surface area contributed by atoms with Crippen LogP contribution >= 0.6 is 11.3 Å². The Balaban J connectivity index is 2.30. The van der Waals surface area contributed by atoms with Gasteiger partial charge in [0.15, 0.2) is 0 Å². The van der Waals surface area contributed by atoms with Gasteiger partial charge in [0.05, 0.1) is 12.2 Å². The summed E-state index contributed by atoms with van der Waals surface area (Å²) >= 11 is 1.11. The standard InChI is InChI=1S/C20H21NO4S/c1-5-24-18(22)16-13-15(12-11-14-9-7-6-8-10-14)17(26-16)21-19(23)25-20(2,3)4/h6-10,13H,5H2,1-4H3,(H,21,23). The number of amides is 1. The Morgan fingerprint density at radius 3 is 2.46 bits per heavy atom. The first-order valence-corrected chi connectivity index (χ1v) is 8.98. The average molecular weight is 371 g/mol. The molecule has 0 atom stereocenters. The number of carbonyl (C=O) groups is 2. The van der Waals surface area contributed by atoms with Crippen LogP contribution in [0, 0.1) is 11.8 Å². The Morgan fingerprint density at radius 1 is 1.15 bits per heavy atom. The van der Waals surface area contributed by atoms with E-state index < -0.39 is 17.7 Å². The van der Waals surface area contributed by atoms with Crippen molar-refractivity contribution in [2.24, 2.45) is 0 Å². The van der Waals surface area contributed by atoms with E-state index in [2.05, 4.69) is 17.2 Å². The SMILES string of the molecule is CCOC(=O)c1cc(C#Cc2ccccc2)c(NC(=O)OC(C)(C)C)s1. The normalized spacial score (nSPS) is 10.5. The van der Waals surface area contributed by atoms with Gasteiger partial charge in [-0.2, -0.15) is 0 Å². The molecule has 0 aliphatic heterocycles. The second-order valence-electron chi connectivity index (χ2n) is 6.32. The molecule has 2 aromatic rings. The molecule has 0 spiro atoms. The maximum atomic E-state index is 12.1. The maximum absolute atomic E-state index is 12.1. The van der Waals surface area contributed by atoms with Gasteiger partial charge in [0.2, 0.25) is 0 Å². The minimum Gasteiger partial charge on any atom is -0.462 e. The summed E-state index contributed by atoms with van der Waals surface area (Å²) in [6.07, 6.45) is -0.600. The molecule has 26 heavy (non-hydrogen) atoms. The van der Waals surface area contributed by atoms with Gasteiger partial charge in [-0.05, 0) is 45.9 Å². The van der Waals surface area contributed by atoms with Crippen LogP contribution in [0.5, 0.6) is 0 Å². The number of rotatable bonds is 3. The van der Waals surface area contributed by atoms with Crippen LogP contribution in [0.1, 0.15) is 48.5 Å². The van der Waals surface area contributed by atoms with Gasteiger partial charge >= 0.3 is 12.1 Å². The quantitative estimate of drug-likeness (QED) is 0.629. The largest absolute Gasteiger partial charge is 0.462 e. The zero-order valence-corrected chi connectivity index (χ0v) is 16.0. The highest BCUT2D eigenvalue weighted by atomic mass is 32.1. The van der Waals surface area contributed by atoms with Crippen LogP contribution < -0.4 is 5.32 Å². The molecule has 0 aliphatic rings. The summed E-state index contributed by atoms with van der Waals surface area (Å²) in [5, 5.41) is 3.12. The third-order valence-corrected chi connectivity index (χ3v) is 3.97. The molecule has 1 amide bonds. The predicted octanol–water partition coefficient (Wildman–Crippen LogP) is 4.67. The number of esters is 1. The zero-order chi connectivity index (χ0) is 19.2. The molecule has 6 heteroatoms. The van der Waals surface area contributed by atoms with Crippen LogP contribution in [-0.2, 0) is 9.47 Å². The smallest absolute Gasteiger partial charge is 0.412 e. The third-order valence-electron chi connectivity index (χ3n) is 2.94. The van der Waals surface area contributed by atoms with Crippen molar-refractivity contribution in [3.8, 4) is 11.8 Å². The van der Waals surface area contributed by atoms with Crippen LogP contribution in [0.2, 0.25) is 0 Å². The monoisotopic (exact) mass is 371 g/mol. The molecule has 1 aromatic carbocycles. The molecule has 1 heterocycles. The van der Waals surface area contributed by atoms with Crippen molar-refractivity contribution in [1.29, 1.82) is 0 Å². The number of hydrogen-bond donors (Lipinski definition) is 1. The number of carbonyl (C=O) groups excluding carboxylic acids is 2. The van der Waals surface area contributed by atoms with E-state index in [1.165, 1.54) is 0 Å². The number of ether oxygens (including phenoxy) is 2. The molecule has 1 N–H and O–H groups in total. The molecular formula is C20H21NO4S. The van der Waals surface area contributed by atoms with Crippen molar-refractivity contribution in [2.45, 2.75) is 33.3 Å². The first-order valence-electron chi connectivity index (χ1n) is 8.16. The van der Waals surface area contributed by atoms with Gasteiger partial charge in [0.25, 0.3) is 0 Å². The van der Waals surface area contributed by atoms with Crippen molar-refractivity contribution in [3.63, 3.8) is 0 Å². The lowest BCUT2D eigenvalue weighted by Gasteiger charge is -2.19. The van der Waals surface area contributed by atoms with Crippen LogP contribution in [0.4, 0.5) is 9.80 Å². The topological polar surface area (TPSA) is 64.6 Å². The van der Waals surface area contributed by atoms with Gasteiger partial charge in [-0.1, -0.05) is 30.0 Å². The highest BCUT2D eigenvalue weighted by molar-refractivity contribution is 7.18. The molecule has 2 rings (SSSR count). The number of benzene rings is 1. The molecule has 0 saturated carbocycles. The molecule has 136 valence electrons. The van der Waals surface area contributed by atoms with Crippen molar-refractivity contribution in [1.82, 2.24) is 0 Å². The highest BCUT2D eigenvalue weighted by Gasteiger charge is 2.20. The summed E-state index contributed by atoms with van der Waals surface area (Å²) in [7, 11) is 0. The first kappa shape index (κ1) is 19.5. The molecule has 5 nitrogen and oxygen atoms in total. The summed E-state index contributed by atoms with van der Waals surface area (Å²) in [4.78, 5) is 24.4. The second-order valence-corrected chi connectivity index (χ2v) is 7.37. The van der Waals surface area contributed by atoms with Crippen LogP contribution in [-0.4, -0.2) is 24.3 Å². The van der Waals surface area contributed by atoms with Crippen molar-refractivity contribution in [3.05, 3.63) is 52.4 Å². The summed E-state index contributed by atoms with van der Waals surface area (Å²) in [5.74, 6) is 5.57. The van der Waals surface area contributed by atoms with E-state index in [9.17, 15) is 9.59 Å². The summed E-state index contributed by atoms with van der Waals surface area (Å²) in [6, 6.07) is 11.1. The predicted molar refractivity (Wildman–Crippen MR) is 103 cm³/mol. The number of nitrogens with one attached hydrogen (secondary N) is 1. The minimum atomic E-state index is -0.624. The molecule has 0 radical (unpaired) electrons. The molecule has 0 bridgehead atoms. The maximum Gasteiger partial charge on any atom is 0.412 e. The fraction of sp³-hybridized carbons (Fsp3) is 0.300. The second kappa shape index (κ2) is 8.54. The number of anilines is 1. The lowest BCUT2D eigenvalue weighted by molar-refractivity contribution is 0.0531. The summed E-state index contributed by atoms with van der Waals surface area (Å²) < 4.78 is 10.3. The highest BCUT2D eigenvalue weighted by Crippen LogP contribution is 2.29. The lowest BCUT2D eigenvalue weighted by Crippen LogP contribution is -2.27. The number of thiophene rings is 1. The van der Waals surface area contributed by atoms with E-state index in [4.69, 9.17) is 9.47 Å². The van der Waals surface area contributed by atoms with Crippen molar-refractivity contribution >= 4 is 28.4 Å². The lowest BCUT2D eigenvalue weighted by atomic mass is 10.2. The minimum absolute atomic E-state index is 0.274. The first-order chi connectivity index (χ1) is 12.3. The van der Waals surface area contributed by atoms with E-state index in [-0.39, 0.29) is 6.61 Å². The van der Waals surface area contributed by atoms with Gasteiger partial charge in [-0.3, -0.25) is 5.32 Å². The summed E-state index contributed by atoms with van der Waals surface area (Å²) in [5.41, 5.74) is 0.744. The van der Waals surface area contributed by atoms with E-state index in [1.54, 1.807) is 33.8 Å². The molecular weight excluding hydrogens is 350 g/mol. The van der Waals surface area contributed by atoms with E-state index >= 15 is 0 Å². The fourth-order valence-electron chi connectivity index (χ4n) is 1.94. The van der Waals surface area contributed by atoms with E-state index in [0.717, 1.165) is 16.9 Å². The van der Waals surface area contributed by atoms with Gasteiger partial charge in [-0.25, -0.2) is 9.59 Å². The summed E-state index contributed by atoms with van der Waals surface area (Å²) in [6.45, 7) is 7.35. The van der Waals surface area contributed by atoms with Gasteiger partial charge in [0.1, 0.15) is 15.5 Å². The zero-order valence-electron chi connectivity index (χ0n) is 15.2. The van der Waals surface area contributed by atoms with Gasteiger partial charge in [0, 0.05) is 5.56 Å². The molecule has 0 aliphatic carbocycles. The van der Waals surface area contributed by atoms with Crippen LogP contribution in [0.3, 0.4) is 0 Å². The van der Waals surface area contributed by atoms with Crippen molar-refractivity contribution in [2.75, 3.05) is 11.9 Å². The molecule has 1 aromatic heterocycles. The Hall–Kier alpha value is -2.78. The molecule has 0 unspecified atom stereocenters. The van der Waals surface area contributed by atoms with E-state index in [0.29, 0.717) is 15.4 Å². The van der Waals surface area contributed by atoms with Crippen molar-refractivity contribution < 1.29 is 19.1 Å². The van der Waals surface area contributed by atoms with Gasteiger partial charge in [-0.15, -0.1) is 11.3 Å². The van der Waals surface area contributed by atoms with E-state index in [1.807, 2.05) is 30.3 Å². The Bertz CT molecular complexity index is 838. The number of hydrogen-bond acceptors (Lipinski definition) is 5. The molecule has 0 saturated heterocycles. The molecule has 0 fully saturated rings. The Morgan fingerprint density at radius 2 is 1.85 bits per heavy atom. The van der Waals surface area contributed by atoms with Crippen LogP contribution in [0.15, 0.2) is 36.4 Å². The van der Waals surface area contributed by atoms with Gasteiger partial charge < -0.3 is 9.47 Å². The Kier molecular flexibility index (Phi) is 6.42. The Labute approximate surface area is 157 Å².